The zero-order valence-corrected chi connectivity index (χ0v) is 17.8. The second-order valence-electron chi connectivity index (χ2n) is 8.64. The van der Waals surface area contributed by atoms with Gasteiger partial charge in [-0.2, -0.15) is 0 Å². The van der Waals surface area contributed by atoms with Crippen LogP contribution in [-0.2, 0) is 18.3 Å². The Morgan fingerprint density at radius 3 is 2.71 bits per heavy atom. The summed E-state index contributed by atoms with van der Waals surface area (Å²) < 4.78 is 1.69. The Balaban J connectivity index is 1.20. The molecular weight excluding hydrogens is 390 g/mol. The van der Waals surface area contributed by atoms with Gasteiger partial charge in [-0.25, -0.2) is 4.68 Å². The molecule has 2 amide bonds. The van der Waals surface area contributed by atoms with Crippen molar-refractivity contribution in [3.05, 3.63) is 59.2 Å². The van der Waals surface area contributed by atoms with E-state index in [2.05, 4.69) is 33.8 Å². The van der Waals surface area contributed by atoms with Crippen LogP contribution in [0.2, 0.25) is 0 Å². The molecule has 31 heavy (non-hydrogen) atoms. The molecule has 1 saturated heterocycles. The number of fused-ring (bicyclic) bond motifs is 2. The van der Waals surface area contributed by atoms with Gasteiger partial charge in [0.15, 0.2) is 0 Å². The highest BCUT2D eigenvalue weighted by Gasteiger charge is 2.30. The van der Waals surface area contributed by atoms with Crippen molar-refractivity contribution < 1.29 is 9.59 Å². The minimum atomic E-state index is -0.0411. The quantitative estimate of drug-likeness (QED) is 0.710. The minimum Gasteiger partial charge on any atom is -0.349 e. The first-order valence-electron chi connectivity index (χ1n) is 11.1. The molecule has 1 N–H and O–H groups in total. The normalized spacial score (nSPS) is 19.3. The van der Waals surface area contributed by atoms with E-state index in [0.717, 1.165) is 30.3 Å². The van der Waals surface area contributed by atoms with Gasteiger partial charge in [0.2, 0.25) is 5.91 Å². The molecule has 1 fully saturated rings. The van der Waals surface area contributed by atoms with Gasteiger partial charge >= 0.3 is 0 Å². The fourth-order valence-electron chi connectivity index (χ4n) is 4.89. The number of piperidine rings is 1. The highest BCUT2D eigenvalue weighted by molar-refractivity contribution is 5.97. The number of nitrogens with one attached hydrogen (secondary N) is 1. The molecule has 0 bridgehead atoms. The van der Waals surface area contributed by atoms with Gasteiger partial charge in [-0.3, -0.25) is 9.59 Å². The molecular formula is C24H27N5O2. The molecule has 1 aliphatic carbocycles. The van der Waals surface area contributed by atoms with Crippen LogP contribution in [0.4, 0.5) is 0 Å². The lowest BCUT2D eigenvalue weighted by molar-refractivity contribution is -0.127. The number of carbonyl (C=O) groups is 2. The lowest BCUT2D eigenvalue weighted by atomic mass is 9.87. The van der Waals surface area contributed by atoms with Crippen LogP contribution in [0.25, 0.3) is 11.0 Å². The van der Waals surface area contributed by atoms with Crippen molar-refractivity contribution in [2.75, 3.05) is 13.1 Å². The Hall–Kier alpha value is -3.22. The molecule has 5 rings (SSSR count). The zero-order valence-electron chi connectivity index (χ0n) is 17.8. The first-order valence-corrected chi connectivity index (χ1v) is 11.1. The summed E-state index contributed by atoms with van der Waals surface area (Å²) in [4.78, 5) is 27.7. The summed E-state index contributed by atoms with van der Waals surface area (Å²) >= 11 is 0. The summed E-state index contributed by atoms with van der Waals surface area (Å²) in [5.41, 5.74) is 4.84. The van der Waals surface area contributed by atoms with E-state index in [0.29, 0.717) is 31.5 Å². The Bertz CT molecular complexity index is 1130. The van der Waals surface area contributed by atoms with Crippen molar-refractivity contribution in [3.8, 4) is 0 Å². The molecule has 2 heterocycles. The summed E-state index contributed by atoms with van der Waals surface area (Å²) in [6, 6.07) is 14.0. The number of benzene rings is 2. The van der Waals surface area contributed by atoms with E-state index in [4.69, 9.17) is 0 Å². The highest BCUT2D eigenvalue weighted by Crippen LogP contribution is 2.30. The van der Waals surface area contributed by atoms with Gasteiger partial charge in [0.05, 0.1) is 11.6 Å². The van der Waals surface area contributed by atoms with Crippen LogP contribution < -0.4 is 5.32 Å². The molecule has 0 saturated carbocycles. The van der Waals surface area contributed by atoms with E-state index in [-0.39, 0.29) is 23.8 Å². The maximum atomic E-state index is 13.0. The molecule has 1 aliphatic heterocycles. The SMILES string of the molecule is Cn1nnc2cc(C(=O)N3CCC(C(=O)NC4CCCc5ccccc54)CC3)ccc21. The van der Waals surface area contributed by atoms with Gasteiger partial charge in [0, 0.05) is 31.6 Å². The van der Waals surface area contributed by atoms with Crippen molar-refractivity contribution in [1.82, 2.24) is 25.2 Å². The average molecular weight is 418 g/mol. The zero-order chi connectivity index (χ0) is 21.4. The lowest BCUT2D eigenvalue weighted by Crippen LogP contribution is -2.44. The second kappa shape index (κ2) is 8.13. The molecule has 1 unspecified atom stereocenters. The van der Waals surface area contributed by atoms with Crippen molar-refractivity contribution in [3.63, 3.8) is 0 Å². The summed E-state index contributed by atoms with van der Waals surface area (Å²) in [5, 5.41) is 11.4. The van der Waals surface area contributed by atoms with Crippen molar-refractivity contribution >= 4 is 22.8 Å². The van der Waals surface area contributed by atoms with Crippen molar-refractivity contribution in [1.29, 1.82) is 0 Å². The third kappa shape index (κ3) is 3.80. The van der Waals surface area contributed by atoms with Gasteiger partial charge in [0.25, 0.3) is 5.91 Å². The number of carbonyl (C=O) groups excluding carboxylic acids is 2. The fourth-order valence-corrected chi connectivity index (χ4v) is 4.89. The van der Waals surface area contributed by atoms with Gasteiger partial charge in [-0.05, 0) is 61.4 Å². The van der Waals surface area contributed by atoms with Crippen LogP contribution in [0.3, 0.4) is 0 Å². The predicted molar refractivity (Wildman–Crippen MR) is 117 cm³/mol. The topological polar surface area (TPSA) is 80.1 Å². The maximum absolute atomic E-state index is 13.0. The van der Waals surface area contributed by atoms with Gasteiger partial charge in [-0.1, -0.05) is 29.5 Å². The standard InChI is InChI=1S/C24H27N5O2/c1-28-22-10-9-18(15-21(22)26-27-28)24(31)29-13-11-17(12-14-29)23(30)25-20-8-4-6-16-5-2-3-7-19(16)20/h2-3,5,7,9-10,15,17,20H,4,6,8,11-14H2,1H3,(H,25,30). The highest BCUT2D eigenvalue weighted by atomic mass is 16.2. The number of aryl methyl sites for hydroxylation is 2. The van der Waals surface area contributed by atoms with Crippen LogP contribution in [0.15, 0.2) is 42.5 Å². The number of nitrogens with zero attached hydrogens (tertiary/aromatic N) is 4. The summed E-state index contributed by atoms with van der Waals surface area (Å²) in [6.07, 6.45) is 4.57. The molecule has 2 aromatic carbocycles. The molecule has 1 atom stereocenters. The van der Waals surface area contributed by atoms with E-state index < -0.39 is 0 Å². The largest absolute Gasteiger partial charge is 0.349 e. The summed E-state index contributed by atoms with van der Waals surface area (Å²) in [6.45, 7) is 1.19. The average Bonchev–Trinajstić information content (AvgIpc) is 3.19. The van der Waals surface area contributed by atoms with Crippen LogP contribution in [-0.4, -0.2) is 44.8 Å². The van der Waals surface area contributed by atoms with Crippen LogP contribution >= 0.6 is 0 Å². The molecule has 0 radical (unpaired) electrons. The van der Waals surface area contributed by atoms with E-state index in [9.17, 15) is 9.59 Å². The smallest absolute Gasteiger partial charge is 0.253 e. The number of likely N-dealkylation sites (tertiary alicyclic amines) is 1. The summed E-state index contributed by atoms with van der Waals surface area (Å²) in [7, 11) is 1.83. The molecule has 3 aromatic rings. The van der Waals surface area contributed by atoms with Gasteiger partial charge in [0.1, 0.15) is 5.52 Å². The Labute approximate surface area is 181 Å². The maximum Gasteiger partial charge on any atom is 0.253 e. The Morgan fingerprint density at radius 2 is 1.87 bits per heavy atom. The minimum absolute atomic E-state index is 0.00683. The predicted octanol–water partition coefficient (Wildman–Crippen LogP) is 3.01. The molecule has 1 aromatic heterocycles. The van der Waals surface area contributed by atoms with Gasteiger partial charge < -0.3 is 10.2 Å². The van der Waals surface area contributed by atoms with Gasteiger partial charge in [-0.15, -0.1) is 5.10 Å². The first-order chi connectivity index (χ1) is 15.1. The number of aromatic nitrogens is 3. The van der Waals surface area contributed by atoms with E-state index in [1.807, 2.05) is 30.1 Å². The van der Waals surface area contributed by atoms with E-state index in [1.165, 1.54) is 11.1 Å². The van der Waals surface area contributed by atoms with Crippen molar-refractivity contribution in [2.45, 2.75) is 38.1 Å². The Kier molecular flexibility index (Phi) is 5.18. The number of amides is 2. The Morgan fingerprint density at radius 1 is 1.06 bits per heavy atom. The van der Waals surface area contributed by atoms with Crippen LogP contribution in [0.5, 0.6) is 0 Å². The first kappa shape index (κ1) is 19.7. The number of rotatable bonds is 3. The molecule has 2 aliphatic rings. The van der Waals surface area contributed by atoms with E-state index in [1.54, 1.807) is 10.7 Å². The molecule has 7 heteroatoms. The molecule has 160 valence electrons. The third-order valence-corrected chi connectivity index (χ3v) is 6.70. The number of hydrogen-bond acceptors (Lipinski definition) is 4. The van der Waals surface area contributed by atoms with Crippen LogP contribution in [0.1, 0.15) is 53.2 Å². The van der Waals surface area contributed by atoms with Crippen LogP contribution in [0, 0.1) is 5.92 Å². The third-order valence-electron chi connectivity index (χ3n) is 6.70. The monoisotopic (exact) mass is 417 g/mol. The second-order valence-corrected chi connectivity index (χ2v) is 8.64. The summed E-state index contributed by atoms with van der Waals surface area (Å²) in [5.74, 6) is 0.0722. The lowest BCUT2D eigenvalue weighted by Gasteiger charge is -2.33. The molecule has 0 spiro atoms. The molecule has 7 nitrogen and oxygen atoms in total. The van der Waals surface area contributed by atoms with Crippen molar-refractivity contribution in [2.24, 2.45) is 13.0 Å². The number of hydrogen-bond donors (Lipinski definition) is 1. The fraction of sp³-hybridized carbons (Fsp3) is 0.417. The van der Waals surface area contributed by atoms with E-state index >= 15 is 0 Å².